The van der Waals surface area contributed by atoms with Crippen LogP contribution in [0.5, 0.6) is 0 Å². The monoisotopic (exact) mass is 284 g/mol. The van der Waals surface area contributed by atoms with Crippen molar-refractivity contribution in [3.05, 3.63) is 33.2 Å². The van der Waals surface area contributed by atoms with Crippen molar-refractivity contribution in [2.24, 2.45) is 0 Å². The summed E-state index contributed by atoms with van der Waals surface area (Å²) in [6.45, 7) is 3.67. The van der Waals surface area contributed by atoms with Gasteiger partial charge in [0.05, 0.1) is 6.54 Å². The molecule has 0 unspecified atom stereocenters. The number of nitrogens with one attached hydrogen (secondary N) is 2. The molecule has 0 saturated carbocycles. The lowest BCUT2D eigenvalue weighted by Gasteiger charge is -2.12. The normalized spacial score (nSPS) is 12.2. The highest BCUT2D eigenvalue weighted by Crippen LogP contribution is 2.03. The molecule has 1 amide bonds. The molecule has 5 nitrogen and oxygen atoms in total. The van der Waals surface area contributed by atoms with Crippen molar-refractivity contribution in [3.63, 3.8) is 0 Å². The molecule has 0 aliphatic heterocycles. The van der Waals surface area contributed by atoms with E-state index in [9.17, 15) is 14.7 Å². The summed E-state index contributed by atoms with van der Waals surface area (Å²) in [5, 5.41) is 12.2. The molecule has 106 valence electrons. The topological polar surface area (TPSA) is 82.2 Å². The van der Waals surface area contributed by atoms with E-state index < -0.39 is 12.0 Å². The van der Waals surface area contributed by atoms with E-state index in [2.05, 4.69) is 10.3 Å². The molecule has 6 heteroatoms. The first kappa shape index (κ1) is 15.8. The summed E-state index contributed by atoms with van der Waals surface area (Å²) in [6, 6.07) is 0. The summed E-state index contributed by atoms with van der Waals surface area (Å²) >= 11 is 1.58. The van der Waals surface area contributed by atoms with Gasteiger partial charge >= 0.3 is 0 Å². The van der Waals surface area contributed by atoms with Gasteiger partial charge in [0.1, 0.15) is 6.10 Å². The van der Waals surface area contributed by atoms with Crippen molar-refractivity contribution in [2.75, 3.05) is 12.0 Å². The number of hydrogen-bond donors (Lipinski definition) is 3. The average molecular weight is 284 g/mol. The zero-order chi connectivity index (χ0) is 14.4. The largest absolute Gasteiger partial charge is 0.383 e. The molecule has 0 aromatic carbocycles. The van der Waals surface area contributed by atoms with Gasteiger partial charge in [-0.1, -0.05) is 0 Å². The van der Waals surface area contributed by atoms with Crippen LogP contribution in [-0.4, -0.2) is 34.1 Å². The fourth-order valence-electron chi connectivity index (χ4n) is 1.64. The highest BCUT2D eigenvalue weighted by molar-refractivity contribution is 7.98. The lowest BCUT2D eigenvalue weighted by molar-refractivity contribution is -0.129. The first-order valence-corrected chi connectivity index (χ1v) is 7.49. The molecule has 1 aromatic heterocycles. The maximum atomic E-state index is 11.7. The van der Waals surface area contributed by atoms with Crippen molar-refractivity contribution >= 4 is 17.7 Å². The van der Waals surface area contributed by atoms with E-state index in [1.807, 2.05) is 6.26 Å². The number of amides is 1. The summed E-state index contributed by atoms with van der Waals surface area (Å²) < 4.78 is 0. The number of aryl methyl sites for hydroxylation is 1. The molecule has 0 bridgehead atoms. The Morgan fingerprint density at radius 2 is 2.21 bits per heavy atom. The molecule has 3 N–H and O–H groups in total. The maximum Gasteiger partial charge on any atom is 0.249 e. The highest BCUT2D eigenvalue weighted by atomic mass is 32.2. The Kier molecular flexibility index (Phi) is 6.11. The summed E-state index contributed by atoms with van der Waals surface area (Å²) in [6.07, 6.45) is 2.98. The smallest absolute Gasteiger partial charge is 0.249 e. The Labute approximate surface area is 116 Å². The molecule has 0 spiro atoms. The number of aliphatic hydroxyl groups is 1. The van der Waals surface area contributed by atoms with Gasteiger partial charge in [-0.05, 0) is 32.3 Å². The number of carbonyl (C=O) groups excluding carboxylic acids is 1. The third kappa shape index (κ3) is 4.40. The van der Waals surface area contributed by atoms with Crippen LogP contribution in [0.25, 0.3) is 0 Å². The summed E-state index contributed by atoms with van der Waals surface area (Å²) in [4.78, 5) is 26.3. The molecule has 19 heavy (non-hydrogen) atoms. The standard InChI is InChI=1S/C13H20N2O3S/c1-8-6-14-10(9(2)12(8)17)7-15-13(18)11(16)4-5-19-3/h6,11,16H,4-5,7H2,1-3H3,(H,14,17)(H,15,18)/t11-/m1/s1. The van der Waals surface area contributed by atoms with Crippen LogP contribution >= 0.6 is 11.8 Å². The number of rotatable bonds is 6. The van der Waals surface area contributed by atoms with Gasteiger partial charge < -0.3 is 15.4 Å². The van der Waals surface area contributed by atoms with Crippen LogP contribution in [0.2, 0.25) is 0 Å². The minimum atomic E-state index is -0.995. The molecule has 1 atom stereocenters. The van der Waals surface area contributed by atoms with Crippen LogP contribution in [0, 0.1) is 13.8 Å². The Bertz CT molecular complexity index is 499. The van der Waals surface area contributed by atoms with Gasteiger partial charge in [-0.2, -0.15) is 11.8 Å². The molecule has 0 aliphatic rings. The Morgan fingerprint density at radius 1 is 1.53 bits per heavy atom. The van der Waals surface area contributed by atoms with E-state index in [1.165, 1.54) is 0 Å². The fraction of sp³-hybridized carbons (Fsp3) is 0.538. The van der Waals surface area contributed by atoms with Crippen LogP contribution in [-0.2, 0) is 11.3 Å². The van der Waals surface area contributed by atoms with Crippen molar-refractivity contribution in [3.8, 4) is 0 Å². The van der Waals surface area contributed by atoms with Gasteiger partial charge in [0.2, 0.25) is 5.91 Å². The van der Waals surface area contributed by atoms with Crippen molar-refractivity contribution in [1.29, 1.82) is 0 Å². The molecule has 1 heterocycles. The van der Waals surface area contributed by atoms with E-state index in [-0.39, 0.29) is 12.0 Å². The zero-order valence-electron chi connectivity index (χ0n) is 11.4. The predicted molar refractivity (Wildman–Crippen MR) is 77.4 cm³/mol. The van der Waals surface area contributed by atoms with Crippen molar-refractivity contribution in [2.45, 2.75) is 32.9 Å². The second-order valence-electron chi connectivity index (χ2n) is 4.42. The highest BCUT2D eigenvalue weighted by Gasteiger charge is 2.14. The number of aromatic nitrogens is 1. The molecular formula is C13H20N2O3S. The Balaban J connectivity index is 2.60. The number of carbonyl (C=O) groups is 1. The first-order valence-electron chi connectivity index (χ1n) is 6.09. The third-order valence-corrected chi connectivity index (χ3v) is 3.60. The number of thioether (sulfide) groups is 1. The summed E-state index contributed by atoms with van der Waals surface area (Å²) in [5.74, 6) is 0.324. The van der Waals surface area contributed by atoms with Crippen molar-refractivity contribution in [1.82, 2.24) is 10.3 Å². The van der Waals surface area contributed by atoms with Crippen molar-refractivity contribution < 1.29 is 9.90 Å². The van der Waals surface area contributed by atoms with E-state index in [1.54, 1.807) is 31.8 Å². The van der Waals surface area contributed by atoms with Crippen LogP contribution in [0.15, 0.2) is 11.0 Å². The molecule has 0 radical (unpaired) electrons. The Hall–Kier alpha value is -1.27. The lowest BCUT2D eigenvalue weighted by Crippen LogP contribution is -2.35. The molecular weight excluding hydrogens is 264 g/mol. The molecule has 0 fully saturated rings. The summed E-state index contributed by atoms with van der Waals surface area (Å²) in [5.41, 5.74) is 1.89. The second kappa shape index (κ2) is 7.35. The van der Waals surface area contributed by atoms with Gasteiger partial charge in [0.15, 0.2) is 5.43 Å². The van der Waals surface area contributed by atoms with Gasteiger partial charge in [0, 0.05) is 23.0 Å². The van der Waals surface area contributed by atoms with Crippen LogP contribution in [0.1, 0.15) is 23.2 Å². The minimum absolute atomic E-state index is 0.0223. The second-order valence-corrected chi connectivity index (χ2v) is 5.41. The molecule has 1 aromatic rings. The SMILES string of the molecule is CSCC[C@@H](O)C(=O)NCc1[nH]cc(C)c(=O)c1C. The number of aromatic amines is 1. The maximum absolute atomic E-state index is 11.7. The predicted octanol–water partition coefficient (Wildman–Crippen LogP) is 0.722. The van der Waals surface area contributed by atoms with Gasteiger partial charge in [-0.25, -0.2) is 0 Å². The average Bonchev–Trinajstić information content (AvgIpc) is 2.41. The molecule has 0 saturated heterocycles. The van der Waals surface area contributed by atoms with E-state index >= 15 is 0 Å². The first-order chi connectivity index (χ1) is 8.97. The number of aliphatic hydroxyl groups excluding tert-OH is 1. The molecule has 1 rings (SSSR count). The van der Waals surface area contributed by atoms with Gasteiger partial charge in [0.25, 0.3) is 0 Å². The van der Waals surface area contributed by atoms with E-state index in [0.29, 0.717) is 23.2 Å². The number of H-pyrrole nitrogens is 1. The van der Waals surface area contributed by atoms with Crippen LogP contribution in [0.4, 0.5) is 0 Å². The number of pyridine rings is 1. The van der Waals surface area contributed by atoms with Crippen LogP contribution in [0.3, 0.4) is 0 Å². The zero-order valence-corrected chi connectivity index (χ0v) is 12.3. The van der Waals surface area contributed by atoms with E-state index in [4.69, 9.17) is 0 Å². The fourth-order valence-corrected chi connectivity index (χ4v) is 2.10. The van der Waals surface area contributed by atoms with Gasteiger partial charge in [-0.15, -0.1) is 0 Å². The minimum Gasteiger partial charge on any atom is -0.383 e. The Morgan fingerprint density at radius 3 is 2.84 bits per heavy atom. The molecule has 0 aliphatic carbocycles. The summed E-state index contributed by atoms with van der Waals surface area (Å²) in [7, 11) is 0. The number of hydrogen-bond acceptors (Lipinski definition) is 4. The third-order valence-electron chi connectivity index (χ3n) is 2.95. The quantitative estimate of drug-likeness (QED) is 0.719. The lowest BCUT2D eigenvalue weighted by atomic mass is 10.1. The van der Waals surface area contributed by atoms with Gasteiger partial charge in [-0.3, -0.25) is 9.59 Å². The van der Waals surface area contributed by atoms with E-state index in [0.717, 1.165) is 5.75 Å². The van der Waals surface area contributed by atoms with Crippen LogP contribution < -0.4 is 10.7 Å².